The Kier molecular flexibility index (Phi) is 4.06. The minimum Gasteiger partial charge on any atom is -0.454 e. The molecule has 0 atom stereocenters. The molecule has 3 heterocycles. The maximum Gasteiger partial charge on any atom is 0.282 e. The Morgan fingerprint density at radius 2 is 1.89 bits per heavy atom. The number of benzene rings is 1. The van der Waals surface area contributed by atoms with Crippen molar-refractivity contribution in [3.8, 4) is 28.4 Å². The van der Waals surface area contributed by atoms with E-state index >= 15 is 0 Å². The van der Waals surface area contributed by atoms with Gasteiger partial charge in [-0.15, -0.1) is 0 Å². The average Bonchev–Trinajstić information content (AvgIpc) is 3.27. The number of hydrogen-bond donors (Lipinski definition) is 0. The zero-order valence-corrected chi connectivity index (χ0v) is 14.8. The molecule has 0 unspecified atom stereocenters. The Morgan fingerprint density at radius 3 is 2.56 bits per heavy atom. The molecule has 0 fully saturated rings. The smallest absolute Gasteiger partial charge is 0.282 e. The fraction of sp³-hybridized carbons (Fsp3) is 0.176. The van der Waals surface area contributed by atoms with E-state index in [9.17, 15) is 17.2 Å². The third-order valence-electron chi connectivity index (χ3n) is 3.97. The Hall–Kier alpha value is -3.01. The zero-order valence-electron chi connectivity index (χ0n) is 14.0. The van der Waals surface area contributed by atoms with Crippen molar-refractivity contribution in [3.05, 3.63) is 48.3 Å². The highest BCUT2D eigenvalue weighted by Gasteiger charge is 2.21. The lowest BCUT2D eigenvalue weighted by Crippen LogP contribution is -2.04. The van der Waals surface area contributed by atoms with Crippen LogP contribution in [0.15, 0.2) is 47.6 Å². The molecular weight excluding hydrogens is 380 g/mol. The van der Waals surface area contributed by atoms with Gasteiger partial charge in [0.1, 0.15) is 5.69 Å². The van der Waals surface area contributed by atoms with Crippen LogP contribution in [0.5, 0.6) is 11.5 Å². The van der Waals surface area contributed by atoms with E-state index in [0.717, 1.165) is 6.26 Å². The molecule has 0 saturated heterocycles. The predicted molar refractivity (Wildman–Crippen MR) is 91.0 cm³/mol. The van der Waals surface area contributed by atoms with Crippen molar-refractivity contribution in [1.82, 2.24) is 14.8 Å². The summed E-state index contributed by atoms with van der Waals surface area (Å²) in [6.45, 7) is 0.0945. The second-order valence-electron chi connectivity index (χ2n) is 5.86. The summed E-state index contributed by atoms with van der Waals surface area (Å²) < 4.78 is 61.4. The fourth-order valence-corrected chi connectivity index (χ4v) is 3.24. The van der Waals surface area contributed by atoms with Crippen LogP contribution >= 0.6 is 0 Å². The number of ether oxygens (including phenoxy) is 2. The second kappa shape index (κ2) is 6.31. The molecule has 0 N–H and O–H groups in total. The van der Waals surface area contributed by atoms with Crippen molar-refractivity contribution in [3.63, 3.8) is 0 Å². The van der Waals surface area contributed by atoms with Crippen LogP contribution in [0.1, 0.15) is 12.1 Å². The average molecular weight is 393 g/mol. The topological polar surface area (TPSA) is 83.3 Å². The Bertz CT molecular complexity index is 1110. The minimum atomic E-state index is -3.47. The SMILES string of the molecule is CS(=O)(=O)c1ccc(-n2nc(C(F)F)cc2-c2ccc3c(c2)OCO3)cn1. The number of pyridine rings is 1. The van der Waals surface area contributed by atoms with E-state index in [1.165, 1.54) is 29.1 Å². The summed E-state index contributed by atoms with van der Waals surface area (Å²) in [7, 11) is -3.47. The summed E-state index contributed by atoms with van der Waals surface area (Å²) in [6.07, 6.45) is -0.451. The summed E-state index contributed by atoms with van der Waals surface area (Å²) in [5.74, 6) is 1.07. The minimum absolute atomic E-state index is 0.0945. The number of fused-ring (bicyclic) bond motifs is 1. The van der Waals surface area contributed by atoms with Crippen LogP contribution < -0.4 is 9.47 Å². The molecule has 27 heavy (non-hydrogen) atoms. The van der Waals surface area contributed by atoms with Crippen molar-refractivity contribution in [2.24, 2.45) is 0 Å². The quantitative estimate of drug-likeness (QED) is 0.678. The monoisotopic (exact) mass is 393 g/mol. The maximum atomic E-state index is 13.2. The van der Waals surface area contributed by atoms with Gasteiger partial charge in [-0.25, -0.2) is 26.9 Å². The lowest BCUT2D eigenvalue weighted by molar-refractivity contribution is 0.145. The summed E-state index contributed by atoms with van der Waals surface area (Å²) in [4.78, 5) is 3.89. The van der Waals surface area contributed by atoms with Gasteiger partial charge in [-0.05, 0) is 36.4 Å². The standard InChI is InChI=1S/C17H13F2N3O4S/c1-27(23,24)16-5-3-11(8-20-16)22-13(7-12(21-22)17(18)19)10-2-4-14-15(6-10)26-9-25-14/h2-8,17H,9H2,1H3. The largest absolute Gasteiger partial charge is 0.454 e. The van der Waals surface area contributed by atoms with Crippen LogP contribution in [0, 0.1) is 0 Å². The van der Waals surface area contributed by atoms with Gasteiger partial charge in [0.15, 0.2) is 26.4 Å². The van der Waals surface area contributed by atoms with Crippen molar-refractivity contribution in [1.29, 1.82) is 0 Å². The molecule has 0 amide bonds. The lowest BCUT2D eigenvalue weighted by atomic mass is 10.1. The number of alkyl halides is 2. The highest BCUT2D eigenvalue weighted by atomic mass is 32.2. The molecular formula is C17H13F2N3O4S. The second-order valence-corrected chi connectivity index (χ2v) is 7.82. The van der Waals surface area contributed by atoms with Crippen molar-refractivity contribution >= 4 is 9.84 Å². The molecule has 140 valence electrons. The molecule has 0 aliphatic carbocycles. The first-order chi connectivity index (χ1) is 12.8. The van der Waals surface area contributed by atoms with Crippen LogP contribution in [-0.2, 0) is 9.84 Å². The van der Waals surface area contributed by atoms with Crippen molar-refractivity contribution in [2.75, 3.05) is 13.0 Å². The van der Waals surface area contributed by atoms with Gasteiger partial charge in [-0.2, -0.15) is 5.10 Å². The molecule has 0 radical (unpaired) electrons. The van der Waals surface area contributed by atoms with Gasteiger partial charge in [0.2, 0.25) is 6.79 Å². The normalized spacial score (nSPS) is 13.3. The van der Waals surface area contributed by atoms with E-state index < -0.39 is 22.0 Å². The first-order valence-corrected chi connectivity index (χ1v) is 9.67. The molecule has 0 saturated carbocycles. The summed E-state index contributed by atoms with van der Waals surface area (Å²) in [6, 6.07) is 9.09. The summed E-state index contributed by atoms with van der Waals surface area (Å²) in [5.41, 5.74) is 0.917. The van der Waals surface area contributed by atoms with Crippen LogP contribution in [0.3, 0.4) is 0 Å². The molecule has 0 bridgehead atoms. The molecule has 1 aliphatic rings. The number of rotatable bonds is 4. The lowest BCUT2D eigenvalue weighted by Gasteiger charge is -2.08. The fourth-order valence-electron chi connectivity index (χ4n) is 2.68. The molecule has 4 rings (SSSR count). The first-order valence-electron chi connectivity index (χ1n) is 7.77. The molecule has 2 aromatic heterocycles. The number of hydrogen-bond acceptors (Lipinski definition) is 6. The molecule has 1 aliphatic heterocycles. The Labute approximate surface area is 153 Å². The third kappa shape index (κ3) is 3.23. The van der Waals surface area contributed by atoms with Gasteiger partial charge in [0.25, 0.3) is 6.43 Å². The van der Waals surface area contributed by atoms with Crippen molar-refractivity contribution < 1.29 is 26.7 Å². The van der Waals surface area contributed by atoms with Gasteiger partial charge in [-0.1, -0.05) is 0 Å². The van der Waals surface area contributed by atoms with Gasteiger partial charge >= 0.3 is 0 Å². The number of halogens is 2. The summed E-state index contributed by atoms with van der Waals surface area (Å²) in [5, 5.41) is 3.83. The van der Waals surface area contributed by atoms with Crippen LogP contribution in [-0.4, -0.2) is 36.2 Å². The van der Waals surface area contributed by atoms with Crippen LogP contribution in [0.25, 0.3) is 16.9 Å². The predicted octanol–water partition coefficient (Wildman–Crippen LogP) is 3.00. The molecule has 3 aromatic rings. The van der Waals surface area contributed by atoms with E-state index in [1.54, 1.807) is 18.2 Å². The van der Waals surface area contributed by atoms with Gasteiger partial charge < -0.3 is 9.47 Å². The van der Waals surface area contributed by atoms with E-state index in [-0.39, 0.29) is 11.8 Å². The molecule has 1 aromatic carbocycles. The van der Waals surface area contributed by atoms with E-state index in [2.05, 4.69) is 10.1 Å². The van der Waals surface area contributed by atoms with Crippen LogP contribution in [0.2, 0.25) is 0 Å². The Morgan fingerprint density at radius 1 is 1.11 bits per heavy atom. The zero-order chi connectivity index (χ0) is 19.2. The molecule has 7 nitrogen and oxygen atoms in total. The molecule has 10 heteroatoms. The van der Waals surface area contributed by atoms with Gasteiger partial charge in [-0.3, -0.25) is 0 Å². The maximum absolute atomic E-state index is 13.2. The van der Waals surface area contributed by atoms with Crippen molar-refractivity contribution in [2.45, 2.75) is 11.5 Å². The summed E-state index contributed by atoms with van der Waals surface area (Å²) >= 11 is 0. The number of nitrogens with zero attached hydrogens (tertiary/aromatic N) is 3. The van der Waals surface area contributed by atoms with Gasteiger partial charge in [0.05, 0.1) is 17.6 Å². The van der Waals surface area contributed by atoms with E-state index in [0.29, 0.717) is 28.4 Å². The van der Waals surface area contributed by atoms with Gasteiger partial charge in [0, 0.05) is 11.8 Å². The van der Waals surface area contributed by atoms with E-state index in [1.807, 2.05) is 0 Å². The first kappa shape index (κ1) is 17.4. The highest BCUT2D eigenvalue weighted by Crippen LogP contribution is 2.37. The number of aromatic nitrogens is 3. The van der Waals surface area contributed by atoms with E-state index in [4.69, 9.17) is 9.47 Å². The highest BCUT2D eigenvalue weighted by molar-refractivity contribution is 7.90. The van der Waals surface area contributed by atoms with Crippen LogP contribution in [0.4, 0.5) is 8.78 Å². The Balaban J connectivity index is 1.83. The third-order valence-corrected chi connectivity index (χ3v) is 4.97. The molecule has 0 spiro atoms. The number of sulfone groups is 1.